The fraction of sp³-hybridized carbons (Fsp3) is 0.261. The second-order valence-corrected chi connectivity index (χ2v) is 7.20. The number of nitrogens with zero attached hydrogens (tertiary/aromatic N) is 3. The highest BCUT2D eigenvalue weighted by atomic mass is 16.5. The lowest BCUT2D eigenvalue weighted by Gasteiger charge is -2.23. The van der Waals surface area contributed by atoms with Gasteiger partial charge in [-0.2, -0.15) is 0 Å². The molecule has 1 aliphatic rings. The highest BCUT2D eigenvalue weighted by Gasteiger charge is 2.21. The van der Waals surface area contributed by atoms with Gasteiger partial charge in [0.05, 0.1) is 25.3 Å². The molecule has 8 heteroatoms. The van der Waals surface area contributed by atoms with E-state index in [-0.39, 0.29) is 17.6 Å². The molecule has 0 saturated carbocycles. The van der Waals surface area contributed by atoms with E-state index < -0.39 is 0 Å². The van der Waals surface area contributed by atoms with Gasteiger partial charge >= 0.3 is 0 Å². The maximum absolute atomic E-state index is 12.9. The molecule has 0 radical (unpaired) electrons. The summed E-state index contributed by atoms with van der Waals surface area (Å²) in [4.78, 5) is 33.5. The zero-order chi connectivity index (χ0) is 21.6. The van der Waals surface area contributed by atoms with E-state index in [1.807, 2.05) is 35.2 Å². The standard InChI is InChI=1S/C23H24N4O4/c1-30-19-6-2-5-17(15-19)23(29)27-11-4-10-26(12-13-27)21-9-8-18(16-24-21)25-22(28)20-7-3-14-31-20/h2-3,5-9,14-16H,4,10-13H2,1H3,(H,25,28). The van der Waals surface area contributed by atoms with Crippen LogP contribution in [0, 0.1) is 0 Å². The fourth-order valence-electron chi connectivity index (χ4n) is 3.54. The smallest absolute Gasteiger partial charge is 0.291 e. The third-order valence-corrected chi connectivity index (χ3v) is 5.17. The van der Waals surface area contributed by atoms with E-state index in [9.17, 15) is 9.59 Å². The van der Waals surface area contributed by atoms with E-state index in [0.29, 0.717) is 36.6 Å². The van der Waals surface area contributed by atoms with Crippen molar-refractivity contribution in [3.63, 3.8) is 0 Å². The molecule has 0 aliphatic carbocycles. The molecule has 31 heavy (non-hydrogen) atoms. The average molecular weight is 420 g/mol. The van der Waals surface area contributed by atoms with Crippen molar-refractivity contribution < 1.29 is 18.7 Å². The molecule has 0 atom stereocenters. The average Bonchev–Trinajstić information content (AvgIpc) is 3.24. The van der Waals surface area contributed by atoms with Crippen molar-refractivity contribution in [1.82, 2.24) is 9.88 Å². The molecule has 3 aromatic rings. The van der Waals surface area contributed by atoms with Crippen molar-refractivity contribution in [3.8, 4) is 5.75 Å². The topological polar surface area (TPSA) is 87.9 Å². The number of carbonyl (C=O) groups excluding carboxylic acids is 2. The summed E-state index contributed by atoms with van der Waals surface area (Å²) in [6.07, 6.45) is 3.92. The molecule has 1 fully saturated rings. The van der Waals surface area contributed by atoms with Crippen LogP contribution in [0.3, 0.4) is 0 Å². The van der Waals surface area contributed by atoms with Gasteiger partial charge in [0, 0.05) is 31.7 Å². The van der Waals surface area contributed by atoms with Gasteiger partial charge in [0.2, 0.25) is 0 Å². The quantitative estimate of drug-likeness (QED) is 0.682. The van der Waals surface area contributed by atoms with Gasteiger partial charge in [0.1, 0.15) is 11.6 Å². The first-order valence-corrected chi connectivity index (χ1v) is 10.1. The lowest BCUT2D eigenvalue weighted by Crippen LogP contribution is -2.35. The molecule has 3 heterocycles. The number of ether oxygens (including phenoxy) is 1. The third-order valence-electron chi connectivity index (χ3n) is 5.17. The van der Waals surface area contributed by atoms with Crippen molar-refractivity contribution in [1.29, 1.82) is 0 Å². The number of nitrogens with one attached hydrogen (secondary N) is 1. The van der Waals surface area contributed by atoms with Crippen LogP contribution in [-0.2, 0) is 0 Å². The van der Waals surface area contributed by atoms with E-state index >= 15 is 0 Å². The third kappa shape index (κ3) is 4.85. The first kappa shape index (κ1) is 20.5. The normalized spacial score (nSPS) is 14.1. The lowest BCUT2D eigenvalue weighted by molar-refractivity contribution is 0.0766. The van der Waals surface area contributed by atoms with Crippen molar-refractivity contribution in [2.24, 2.45) is 0 Å². The van der Waals surface area contributed by atoms with E-state index in [2.05, 4.69) is 15.2 Å². The predicted molar refractivity (Wildman–Crippen MR) is 117 cm³/mol. The predicted octanol–water partition coefficient (Wildman–Crippen LogP) is 3.29. The van der Waals surface area contributed by atoms with E-state index in [1.165, 1.54) is 6.26 Å². The number of furan rings is 1. The van der Waals surface area contributed by atoms with Gasteiger partial charge in [-0.1, -0.05) is 6.07 Å². The Kier molecular flexibility index (Phi) is 6.16. The molecule has 8 nitrogen and oxygen atoms in total. The van der Waals surface area contributed by atoms with Crippen LogP contribution in [0.2, 0.25) is 0 Å². The molecule has 0 unspecified atom stereocenters. The van der Waals surface area contributed by atoms with Crippen LogP contribution in [0.1, 0.15) is 27.3 Å². The monoisotopic (exact) mass is 420 g/mol. The second-order valence-electron chi connectivity index (χ2n) is 7.20. The van der Waals surface area contributed by atoms with Gasteiger partial charge in [-0.05, 0) is 48.9 Å². The minimum Gasteiger partial charge on any atom is -0.497 e. The summed E-state index contributed by atoms with van der Waals surface area (Å²) in [5, 5.41) is 2.76. The van der Waals surface area contributed by atoms with Crippen LogP contribution >= 0.6 is 0 Å². The highest BCUT2D eigenvalue weighted by Crippen LogP contribution is 2.19. The number of rotatable bonds is 5. The highest BCUT2D eigenvalue weighted by molar-refractivity contribution is 6.02. The summed E-state index contributed by atoms with van der Waals surface area (Å²) < 4.78 is 10.3. The van der Waals surface area contributed by atoms with Crippen molar-refractivity contribution in [3.05, 3.63) is 72.3 Å². The molecule has 1 N–H and O–H groups in total. The Bertz CT molecular complexity index is 1030. The molecule has 0 spiro atoms. The van der Waals surface area contributed by atoms with Gasteiger partial charge in [0.15, 0.2) is 5.76 Å². The molecule has 4 rings (SSSR count). The SMILES string of the molecule is COc1cccc(C(=O)N2CCCN(c3ccc(NC(=O)c4ccco4)cn3)CC2)c1. The lowest BCUT2D eigenvalue weighted by atomic mass is 10.2. The van der Waals surface area contributed by atoms with Crippen LogP contribution in [0.4, 0.5) is 11.5 Å². The molecule has 1 aliphatic heterocycles. The maximum Gasteiger partial charge on any atom is 0.291 e. The largest absolute Gasteiger partial charge is 0.497 e. The zero-order valence-corrected chi connectivity index (χ0v) is 17.3. The summed E-state index contributed by atoms with van der Waals surface area (Å²) in [5.41, 5.74) is 1.22. The summed E-state index contributed by atoms with van der Waals surface area (Å²) in [5.74, 6) is 1.42. The second kappa shape index (κ2) is 9.34. The Hall–Kier alpha value is -3.81. The van der Waals surface area contributed by atoms with Crippen LogP contribution < -0.4 is 15.0 Å². The number of benzene rings is 1. The molecular weight excluding hydrogens is 396 g/mol. The first-order chi connectivity index (χ1) is 15.1. The van der Waals surface area contributed by atoms with E-state index in [4.69, 9.17) is 9.15 Å². The van der Waals surface area contributed by atoms with Crippen molar-refractivity contribution in [2.75, 3.05) is 43.5 Å². The van der Waals surface area contributed by atoms with Crippen LogP contribution in [0.15, 0.2) is 65.4 Å². The molecule has 0 bridgehead atoms. The fourth-order valence-corrected chi connectivity index (χ4v) is 3.54. The molecule has 160 valence electrons. The summed E-state index contributed by atoms with van der Waals surface area (Å²) >= 11 is 0. The Labute approximate surface area is 180 Å². The van der Waals surface area contributed by atoms with Gasteiger partial charge in [-0.25, -0.2) is 4.98 Å². The minimum absolute atomic E-state index is 0.00435. The van der Waals surface area contributed by atoms with Crippen LogP contribution in [0.25, 0.3) is 0 Å². The Morgan fingerprint density at radius 3 is 2.71 bits per heavy atom. The molecular formula is C23H24N4O4. The Morgan fingerprint density at radius 2 is 1.97 bits per heavy atom. The van der Waals surface area contributed by atoms with Crippen LogP contribution in [0.5, 0.6) is 5.75 Å². The number of methoxy groups -OCH3 is 1. The molecule has 1 aromatic carbocycles. The Morgan fingerprint density at radius 1 is 1.06 bits per heavy atom. The van der Waals surface area contributed by atoms with Gasteiger partial charge in [-0.3, -0.25) is 9.59 Å². The van der Waals surface area contributed by atoms with E-state index in [1.54, 1.807) is 31.5 Å². The molecule has 1 saturated heterocycles. The van der Waals surface area contributed by atoms with Gasteiger partial charge in [0.25, 0.3) is 11.8 Å². The van der Waals surface area contributed by atoms with E-state index in [0.717, 1.165) is 18.8 Å². The number of pyridine rings is 1. The number of amides is 2. The van der Waals surface area contributed by atoms with Gasteiger partial charge < -0.3 is 24.3 Å². The number of carbonyl (C=O) groups is 2. The summed E-state index contributed by atoms with van der Waals surface area (Å²) in [6.45, 7) is 2.77. The minimum atomic E-state index is -0.319. The number of hydrogen-bond donors (Lipinski definition) is 1. The number of hydrogen-bond acceptors (Lipinski definition) is 6. The maximum atomic E-state index is 12.9. The number of anilines is 2. The summed E-state index contributed by atoms with van der Waals surface area (Å²) in [7, 11) is 1.59. The van der Waals surface area contributed by atoms with Gasteiger partial charge in [-0.15, -0.1) is 0 Å². The van der Waals surface area contributed by atoms with Crippen LogP contribution in [-0.4, -0.2) is 55.0 Å². The van der Waals surface area contributed by atoms with Crippen molar-refractivity contribution >= 4 is 23.3 Å². The molecule has 2 amide bonds. The summed E-state index contributed by atoms with van der Waals surface area (Å²) in [6, 6.07) is 14.2. The van der Waals surface area contributed by atoms with Crippen molar-refractivity contribution in [2.45, 2.75) is 6.42 Å². The Balaban J connectivity index is 1.37. The molecule has 2 aromatic heterocycles. The zero-order valence-electron chi connectivity index (χ0n) is 17.3. The first-order valence-electron chi connectivity index (χ1n) is 10.1. The number of aromatic nitrogens is 1.